The summed E-state index contributed by atoms with van der Waals surface area (Å²) in [6.45, 7) is 0. The van der Waals surface area contributed by atoms with Crippen LogP contribution in [-0.2, 0) is 6.42 Å². The van der Waals surface area contributed by atoms with Gasteiger partial charge in [-0.15, -0.1) is 0 Å². The Hall–Kier alpha value is -0.360. The molecule has 0 aliphatic heterocycles. The van der Waals surface area contributed by atoms with E-state index in [0.717, 1.165) is 3.57 Å². The second-order valence-electron chi connectivity index (χ2n) is 4.12. The Kier molecular flexibility index (Phi) is 5.06. The number of hydrogen-bond donors (Lipinski definition) is 1. The Balaban J connectivity index is 2.25. The molecule has 2 rings (SSSR count). The molecular formula is C14H10Cl2FIO. The smallest absolute Gasteiger partial charge is 0.127 e. The molecule has 100 valence electrons. The van der Waals surface area contributed by atoms with Gasteiger partial charge in [-0.05, 0) is 64.0 Å². The van der Waals surface area contributed by atoms with Gasteiger partial charge in [0, 0.05) is 20.0 Å². The molecule has 0 spiro atoms. The molecule has 0 saturated carbocycles. The summed E-state index contributed by atoms with van der Waals surface area (Å²) in [5.41, 5.74) is 1.12. The lowest BCUT2D eigenvalue weighted by Crippen LogP contribution is -2.05. The van der Waals surface area contributed by atoms with E-state index in [1.54, 1.807) is 24.3 Å². The average Bonchev–Trinajstić information content (AvgIpc) is 2.35. The molecule has 1 N–H and O–H groups in total. The van der Waals surface area contributed by atoms with E-state index in [9.17, 15) is 9.50 Å². The van der Waals surface area contributed by atoms with Crippen LogP contribution in [0.4, 0.5) is 4.39 Å². The Morgan fingerprint density at radius 3 is 2.42 bits per heavy atom. The maximum absolute atomic E-state index is 13.7. The third kappa shape index (κ3) is 3.81. The van der Waals surface area contributed by atoms with Gasteiger partial charge in [-0.3, -0.25) is 0 Å². The molecule has 0 aliphatic carbocycles. The van der Waals surface area contributed by atoms with E-state index in [4.69, 9.17) is 23.2 Å². The molecule has 1 nitrogen and oxygen atoms in total. The van der Waals surface area contributed by atoms with Gasteiger partial charge in [0.25, 0.3) is 0 Å². The lowest BCUT2D eigenvalue weighted by atomic mass is 10.0. The fourth-order valence-corrected chi connectivity index (χ4v) is 2.81. The van der Waals surface area contributed by atoms with E-state index in [-0.39, 0.29) is 6.42 Å². The SMILES string of the molecule is OC(Cc1ccc(Cl)cc1F)c1cc(Cl)ccc1I. The standard InChI is InChI=1S/C14H10Cl2FIO/c15-9-3-4-13(18)11(6-9)14(19)5-8-1-2-10(16)7-12(8)17/h1-4,6-7,14,19H,5H2. The van der Waals surface area contributed by atoms with E-state index < -0.39 is 11.9 Å². The molecule has 0 radical (unpaired) electrons. The zero-order chi connectivity index (χ0) is 14.0. The topological polar surface area (TPSA) is 20.2 Å². The van der Waals surface area contributed by atoms with Crippen molar-refractivity contribution in [2.45, 2.75) is 12.5 Å². The third-order valence-corrected chi connectivity index (χ3v) is 4.20. The van der Waals surface area contributed by atoms with Gasteiger partial charge in [0.2, 0.25) is 0 Å². The van der Waals surface area contributed by atoms with Crippen LogP contribution in [0.5, 0.6) is 0 Å². The Morgan fingerprint density at radius 2 is 1.74 bits per heavy atom. The summed E-state index contributed by atoms with van der Waals surface area (Å²) in [5.74, 6) is -0.413. The minimum atomic E-state index is -0.804. The molecule has 2 aromatic carbocycles. The normalized spacial score (nSPS) is 12.5. The summed E-state index contributed by atoms with van der Waals surface area (Å²) in [4.78, 5) is 0. The second kappa shape index (κ2) is 6.39. The third-order valence-electron chi connectivity index (χ3n) is 2.75. The molecule has 1 unspecified atom stereocenters. The highest BCUT2D eigenvalue weighted by Crippen LogP contribution is 2.27. The quantitative estimate of drug-likeness (QED) is 0.705. The second-order valence-corrected chi connectivity index (χ2v) is 6.16. The molecule has 0 fully saturated rings. The first-order valence-corrected chi connectivity index (χ1v) is 7.38. The average molecular weight is 411 g/mol. The Labute approximate surface area is 134 Å². The van der Waals surface area contributed by atoms with E-state index in [2.05, 4.69) is 22.6 Å². The number of aliphatic hydroxyl groups excluding tert-OH is 1. The van der Waals surface area contributed by atoms with Gasteiger partial charge in [-0.2, -0.15) is 0 Å². The molecule has 19 heavy (non-hydrogen) atoms. The highest BCUT2D eigenvalue weighted by atomic mass is 127. The van der Waals surface area contributed by atoms with E-state index in [0.29, 0.717) is 21.2 Å². The predicted molar refractivity (Wildman–Crippen MR) is 84.2 cm³/mol. The van der Waals surface area contributed by atoms with Crippen LogP contribution in [0.3, 0.4) is 0 Å². The zero-order valence-electron chi connectivity index (χ0n) is 9.71. The molecule has 0 amide bonds. The van der Waals surface area contributed by atoms with Crippen molar-refractivity contribution >= 4 is 45.8 Å². The predicted octanol–water partition coefficient (Wildman–Crippen LogP) is 5.01. The van der Waals surface area contributed by atoms with Gasteiger partial charge in [0.15, 0.2) is 0 Å². The molecule has 0 bridgehead atoms. The van der Waals surface area contributed by atoms with Crippen LogP contribution < -0.4 is 0 Å². The highest BCUT2D eigenvalue weighted by Gasteiger charge is 2.15. The molecule has 0 aliphatic rings. The van der Waals surface area contributed by atoms with Gasteiger partial charge < -0.3 is 5.11 Å². The van der Waals surface area contributed by atoms with Crippen molar-refractivity contribution in [1.29, 1.82) is 0 Å². The number of rotatable bonds is 3. The van der Waals surface area contributed by atoms with Crippen LogP contribution in [0.2, 0.25) is 10.0 Å². The molecule has 5 heteroatoms. The summed E-state index contributed by atoms with van der Waals surface area (Å²) >= 11 is 13.7. The summed E-state index contributed by atoms with van der Waals surface area (Å²) in [7, 11) is 0. The molecule has 0 aromatic heterocycles. The Morgan fingerprint density at radius 1 is 1.11 bits per heavy atom. The first-order chi connectivity index (χ1) is 8.97. The van der Waals surface area contributed by atoms with Crippen LogP contribution in [0.1, 0.15) is 17.2 Å². The van der Waals surface area contributed by atoms with Crippen molar-refractivity contribution in [3.05, 3.63) is 67.0 Å². The van der Waals surface area contributed by atoms with Crippen LogP contribution >= 0.6 is 45.8 Å². The largest absolute Gasteiger partial charge is 0.388 e. The lowest BCUT2D eigenvalue weighted by molar-refractivity contribution is 0.176. The van der Waals surface area contributed by atoms with Gasteiger partial charge in [0.1, 0.15) is 5.82 Å². The minimum absolute atomic E-state index is 0.180. The summed E-state index contributed by atoms with van der Waals surface area (Å²) in [6.07, 6.45) is -0.624. The molecule has 0 heterocycles. The van der Waals surface area contributed by atoms with Crippen LogP contribution in [0.25, 0.3) is 0 Å². The van der Waals surface area contributed by atoms with E-state index in [1.165, 1.54) is 6.07 Å². The fourth-order valence-electron chi connectivity index (χ4n) is 1.78. The van der Waals surface area contributed by atoms with Gasteiger partial charge in [0.05, 0.1) is 6.10 Å². The number of benzene rings is 2. The van der Waals surface area contributed by atoms with Gasteiger partial charge in [-0.25, -0.2) is 4.39 Å². The van der Waals surface area contributed by atoms with Crippen LogP contribution in [0, 0.1) is 9.39 Å². The molecule has 0 saturated heterocycles. The van der Waals surface area contributed by atoms with Gasteiger partial charge >= 0.3 is 0 Å². The van der Waals surface area contributed by atoms with Gasteiger partial charge in [-0.1, -0.05) is 29.3 Å². The van der Waals surface area contributed by atoms with Crippen molar-refractivity contribution in [2.75, 3.05) is 0 Å². The molecular weight excluding hydrogens is 401 g/mol. The first-order valence-electron chi connectivity index (χ1n) is 5.54. The summed E-state index contributed by atoms with van der Waals surface area (Å²) in [6, 6.07) is 9.70. The summed E-state index contributed by atoms with van der Waals surface area (Å²) in [5, 5.41) is 11.1. The van der Waals surface area contributed by atoms with Crippen molar-refractivity contribution < 1.29 is 9.50 Å². The minimum Gasteiger partial charge on any atom is -0.388 e. The fraction of sp³-hybridized carbons (Fsp3) is 0.143. The first kappa shape index (κ1) is 15.0. The zero-order valence-corrected chi connectivity index (χ0v) is 13.4. The summed E-state index contributed by atoms with van der Waals surface area (Å²) < 4.78 is 14.6. The number of hydrogen-bond acceptors (Lipinski definition) is 1. The number of halogens is 4. The number of aliphatic hydroxyl groups is 1. The monoisotopic (exact) mass is 410 g/mol. The van der Waals surface area contributed by atoms with Crippen LogP contribution in [-0.4, -0.2) is 5.11 Å². The Bertz CT molecular complexity index is 604. The van der Waals surface area contributed by atoms with E-state index >= 15 is 0 Å². The molecule has 2 aromatic rings. The van der Waals surface area contributed by atoms with Crippen molar-refractivity contribution in [3.8, 4) is 0 Å². The maximum Gasteiger partial charge on any atom is 0.127 e. The highest BCUT2D eigenvalue weighted by molar-refractivity contribution is 14.1. The van der Waals surface area contributed by atoms with Crippen molar-refractivity contribution in [2.24, 2.45) is 0 Å². The molecule has 1 atom stereocenters. The van der Waals surface area contributed by atoms with Crippen molar-refractivity contribution in [3.63, 3.8) is 0 Å². The maximum atomic E-state index is 13.7. The van der Waals surface area contributed by atoms with Crippen LogP contribution in [0.15, 0.2) is 36.4 Å². The lowest BCUT2D eigenvalue weighted by Gasteiger charge is -2.14. The van der Waals surface area contributed by atoms with Crippen molar-refractivity contribution in [1.82, 2.24) is 0 Å². The van der Waals surface area contributed by atoms with E-state index in [1.807, 2.05) is 6.07 Å².